The van der Waals surface area contributed by atoms with Crippen LogP contribution in [-0.4, -0.2) is 31.2 Å². The zero-order chi connectivity index (χ0) is 26.8. The number of carbonyl (C=O) groups is 2. The summed E-state index contributed by atoms with van der Waals surface area (Å²) in [5.74, 6) is 0.496. The van der Waals surface area contributed by atoms with Crippen LogP contribution in [0.3, 0.4) is 0 Å². The van der Waals surface area contributed by atoms with Gasteiger partial charge in [-0.2, -0.15) is 5.10 Å². The third-order valence-corrected chi connectivity index (χ3v) is 5.82. The summed E-state index contributed by atoms with van der Waals surface area (Å²) in [5, 5.41) is 8.03. The van der Waals surface area contributed by atoms with Gasteiger partial charge in [0.2, 0.25) is 0 Å². The Labute approximate surface area is 226 Å². The summed E-state index contributed by atoms with van der Waals surface area (Å²) >= 11 is 11.8. The first-order valence-corrected chi connectivity index (χ1v) is 12.5. The number of ether oxygens (including phenoxy) is 2. The second kappa shape index (κ2) is 13.7. The molecule has 0 fully saturated rings. The molecule has 0 heterocycles. The van der Waals surface area contributed by atoms with Crippen molar-refractivity contribution in [2.24, 2.45) is 11.0 Å². The predicted octanol–water partition coefficient (Wildman–Crippen LogP) is 5.88. The molecule has 0 saturated carbocycles. The van der Waals surface area contributed by atoms with E-state index in [0.29, 0.717) is 45.7 Å². The molecule has 1 unspecified atom stereocenters. The maximum absolute atomic E-state index is 12.8. The number of nitrogens with zero attached hydrogens (tertiary/aromatic N) is 1. The van der Waals surface area contributed by atoms with E-state index in [1.54, 1.807) is 61.7 Å². The van der Waals surface area contributed by atoms with E-state index >= 15 is 0 Å². The van der Waals surface area contributed by atoms with Gasteiger partial charge in [-0.15, -0.1) is 0 Å². The molecule has 2 N–H and O–H groups in total. The molecule has 0 bridgehead atoms. The molecule has 9 heteroatoms. The van der Waals surface area contributed by atoms with Crippen LogP contribution in [0.4, 0.5) is 0 Å². The Bertz CT molecular complexity index is 1230. The van der Waals surface area contributed by atoms with Crippen molar-refractivity contribution in [3.05, 3.63) is 93.5 Å². The third kappa shape index (κ3) is 8.81. The van der Waals surface area contributed by atoms with Gasteiger partial charge in [-0.25, -0.2) is 5.43 Å². The van der Waals surface area contributed by atoms with Gasteiger partial charge in [0.1, 0.15) is 12.6 Å². The number of methoxy groups -OCH3 is 1. The van der Waals surface area contributed by atoms with Gasteiger partial charge in [-0.3, -0.25) is 9.59 Å². The summed E-state index contributed by atoms with van der Waals surface area (Å²) in [4.78, 5) is 25.4. The fourth-order valence-corrected chi connectivity index (χ4v) is 3.67. The van der Waals surface area contributed by atoms with Gasteiger partial charge in [-0.05, 0) is 78.1 Å². The van der Waals surface area contributed by atoms with Crippen molar-refractivity contribution >= 4 is 41.2 Å². The van der Waals surface area contributed by atoms with Gasteiger partial charge < -0.3 is 14.8 Å². The fraction of sp³-hybridized carbons (Fsp3) is 0.250. The summed E-state index contributed by atoms with van der Waals surface area (Å²) in [6.45, 7) is 4.30. The number of benzene rings is 3. The molecule has 0 aromatic heterocycles. The molecule has 0 aliphatic rings. The van der Waals surface area contributed by atoms with Crippen molar-refractivity contribution in [2.45, 2.75) is 32.9 Å². The molecule has 0 aliphatic heterocycles. The molecule has 0 aliphatic carbocycles. The summed E-state index contributed by atoms with van der Waals surface area (Å²) in [5.41, 5.74) is 4.60. The summed E-state index contributed by atoms with van der Waals surface area (Å²) in [7, 11) is 1.55. The lowest BCUT2D eigenvalue weighted by Crippen LogP contribution is -2.46. The van der Waals surface area contributed by atoms with E-state index < -0.39 is 11.9 Å². The van der Waals surface area contributed by atoms with E-state index in [1.165, 1.54) is 6.21 Å². The fourth-order valence-electron chi connectivity index (χ4n) is 3.42. The molecule has 37 heavy (non-hydrogen) atoms. The maximum atomic E-state index is 12.8. The monoisotopic (exact) mass is 541 g/mol. The highest BCUT2D eigenvalue weighted by molar-refractivity contribution is 6.30. The van der Waals surface area contributed by atoms with E-state index in [2.05, 4.69) is 15.8 Å². The smallest absolute Gasteiger partial charge is 0.262 e. The van der Waals surface area contributed by atoms with Crippen LogP contribution < -0.4 is 20.2 Å². The lowest BCUT2D eigenvalue weighted by atomic mass is 10.0. The summed E-state index contributed by atoms with van der Waals surface area (Å²) in [6.07, 6.45) is 1.95. The molecule has 3 aromatic carbocycles. The highest BCUT2D eigenvalue weighted by Crippen LogP contribution is 2.28. The minimum atomic E-state index is -0.751. The number of hydrogen-bond acceptors (Lipinski definition) is 5. The van der Waals surface area contributed by atoms with Crippen LogP contribution in [0.1, 0.15) is 41.8 Å². The van der Waals surface area contributed by atoms with Crippen molar-refractivity contribution in [1.82, 2.24) is 10.7 Å². The standard InChI is InChI=1S/C28H29Cl2N3O4/c1-18(2)14-24(32-27(34)21-7-11-23(30)12-8-21)28(35)33-31-16-20-6-13-25(26(15-20)36-3)37-17-19-4-9-22(29)10-5-19/h4-13,15-16,18,24H,14,17H2,1-3H3,(H,32,34)(H,33,35)/b31-16+. The van der Waals surface area contributed by atoms with Crippen LogP contribution in [0.15, 0.2) is 71.8 Å². The van der Waals surface area contributed by atoms with Crippen LogP contribution in [0.2, 0.25) is 10.0 Å². The Morgan fingerprint density at radius 1 is 0.946 bits per heavy atom. The molecular weight excluding hydrogens is 513 g/mol. The Balaban J connectivity index is 1.61. The van der Waals surface area contributed by atoms with Crippen molar-refractivity contribution in [3.63, 3.8) is 0 Å². The number of nitrogens with one attached hydrogen (secondary N) is 2. The SMILES string of the molecule is COc1cc(/C=N/NC(=O)C(CC(C)C)NC(=O)c2ccc(Cl)cc2)ccc1OCc1ccc(Cl)cc1. The van der Waals surface area contributed by atoms with Gasteiger partial charge in [0.05, 0.1) is 13.3 Å². The number of amides is 2. The molecule has 194 valence electrons. The zero-order valence-electron chi connectivity index (χ0n) is 20.8. The quantitative estimate of drug-likeness (QED) is 0.234. The molecule has 2 amide bonds. The van der Waals surface area contributed by atoms with Crippen molar-refractivity contribution < 1.29 is 19.1 Å². The normalized spacial score (nSPS) is 11.8. The topological polar surface area (TPSA) is 89.0 Å². The van der Waals surface area contributed by atoms with Gasteiger partial charge in [-0.1, -0.05) is 49.2 Å². The number of hydrazone groups is 1. The molecule has 0 spiro atoms. The van der Waals surface area contributed by atoms with E-state index in [0.717, 1.165) is 5.56 Å². The molecule has 0 radical (unpaired) electrons. The Morgan fingerprint density at radius 3 is 2.22 bits per heavy atom. The molecule has 7 nitrogen and oxygen atoms in total. The predicted molar refractivity (Wildman–Crippen MR) is 147 cm³/mol. The van der Waals surface area contributed by atoms with E-state index in [4.69, 9.17) is 32.7 Å². The van der Waals surface area contributed by atoms with E-state index in [1.807, 2.05) is 26.0 Å². The van der Waals surface area contributed by atoms with Crippen LogP contribution in [-0.2, 0) is 11.4 Å². The highest BCUT2D eigenvalue weighted by atomic mass is 35.5. The third-order valence-electron chi connectivity index (χ3n) is 5.32. The van der Waals surface area contributed by atoms with E-state index in [-0.39, 0.29) is 11.8 Å². The van der Waals surface area contributed by atoms with Crippen LogP contribution in [0, 0.1) is 5.92 Å². The molecule has 3 aromatic rings. The Hall–Kier alpha value is -3.55. The first kappa shape index (κ1) is 28.0. The second-order valence-corrected chi connectivity index (χ2v) is 9.60. The largest absolute Gasteiger partial charge is 0.493 e. The highest BCUT2D eigenvalue weighted by Gasteiger charge is 2.22. The first-order valence-electron chi connectivity index (χ1n) is 11.7. The van der Waals surface area contributed by atoms with Crippen molar-refractivity contribution in [2.75, 3.05) is 7.11 Å². The molecular formula is C28H29Cl2N3O4. The molecule has 1 atom stereocenters. The van der Waals surface area contributed by atoms with Gasteiger partial charge >= 0.3 is 0 Å². The van der Waals surface area contributed by atoms with Gasteiger partial charge in [0.15, 0.2) is 11.5 Å². The lowest BCUT2D eigenvalue weighted by Gasteiger charge is -2.19. The minimum Gasteiger partial charge on any atom is -0.493 e. The molecule has 3 rings (SSSR count). The maximum Gasteiger partial charge on any atom is 0.262 e. The van der Waals surface area contributed by atoms with Crippen LogP contribution >= 0.6 is 23.2 Å². The van der Waals surface area contributed by atoms with Gasteiger partial charge in [0.25, 0.3) is 11.8 Å². The van der Waals surface area contributed by atoms with Crippen LogP contribution in [0.5, 0.6) is 11.5 Å². The van der Waals surface area contributed by atoms with Crippen molar-refractivity contribution in [1.29, 1.82) is 0 Å². The number of hydrogen-bond donors (Lipinski definition) is 2. The minimum absolute atomic E-state index is 0.176. The lowest BCUT2D eigenvalue weighted by molar-refractivity contribution is -0.123. The van der Waals surface area contributed by atoms with Crippen molar-refractivity contribution in [3.8, 4) is 11.5 Å². The number of carbonyl (C=O) groups excluding carboxylic acids is 2. The van der Waals surface area contributed by atoms with E-state index in [9.17, 15) is 9.59 Å². The van der Waals surface area contributed by atoms with Gasteiger partial charge in [0, 0.05) is 15.6 Å². The number of rotatable bonds is 11. The number of halogens is 2. The van der Waals surface area contributed by atoms with Crippen LogP contribution in [0.25, 0.3) is 0 Å². The Kier molecular flexibility index (Phi) is 10.4. The average molecular weight is 542 g/mol. The Morgan fingerprint density at radius 2 is 1.59 bits per heavy atom. The molecule has 0 saturated heterocycles. The second-order valence-electron chi connectivity index (χ2n) is 8.72. The summed E-state index contributed by atoms with van der Waals surface area (Å²) in [6, 6.07) is 18.4. The first-order chi connectivity index (χ1) is 17.7. The zero-order valence-corrected chi connectivity index (χ0v) is 22.3. The summed E-state index contributed by atoms with van der Waals surface area (Å²) < 4.78 is 11.3. The average Bonchev–Trinajstić information content (AvgIpc) is 2.88.